The molecule has 5 N–H and O–H groups in total. The quantitative estimate of drug-likeness (QED) is 0.408. The monoisotopic (exact) mass is 188 g/mol. The van der Waals surface area contributed by atoms with Gasteiger partial charge in [0.25, 0.3) is 10.0 Å². The molecule has 12 heavy (non-hydrogen) atoms. The lowest BCUT2D eigenvalue weighted by Crippen LogP contribution is -2.18. The minimum Gasteiger partial charge on any atom is -0.321 e. The molecule has 1 heterocycles. The molecule has 0 radical (unpaired) electrons. The van der Waals surface area contributed by atoms with Crippen molar-refractivity contribution in [3.8, 4) is 0 Å². The largest absolute Gasteiger partial charge is 0.321 e. The van der Waals surface area contributed by atoms with Crippen LogP contribution in [-0.4, -0.2) is 13.4 Å². The van der Waals surface area contributed by atoms with Crippen molar-refractivity contribution in [1.82, 2.24) is 4.98 Å². The maximum Gasteiger partial charge on any atom is 0.257 e. The lowest BCUT2D eigenvalue weighted by Gasteiger charge is -2.03. The maximum absolute atomic E-state index is 10.8. The highest BCUT2D eigenvalue weighted by molar-refractivity contribution is 7.89. The summed E-state index contributed by atoms with van der Waals surface area (Å²) in [5.74, 6) is 5.04. The van der Waals surface area contributed by atoms with Gasteiger partial charge in [-0.25, -0.2) is 18.5 Å². The summed E-state index contributed by atoms with van der Waals surface area (Å²) in [4.78, 5) is 3.57. The van der Waals surface area contributed by atoms with E-state index in [9.17, 15) is 8.42 Å². The van der Waals surface area contributed by atoms with Crippen molar-refractivity contribution in [1.29, 1.82) is 0 Å². The molecule has 0 unspecified atom stereocenters. The Labute approximate surface area is 69.6 Å². The van der Waals surface area contributed by atoms with E-state index in [1.54, 1.807) is 6.07 Å². The van der Waals surface area contributed by atoms with E-state index in [1.807, 2.05) is 0 Å². The Bertz CT molecular complexity index is 375. The summed E-state index contributed by atoms with van der Waals surface area (Å²) in [6.07, 6.45) is 1.32. The molecule has 1 rings (SSSR count). The standard InChI is InChI=1S/C5H8N4O2S/c6-9-4-2-1-3-8-5(4)12(7,10)11/h1-3,9H,6H2,(H2,7,10,11). The van der Waals surface area contributed by atoms with E-state index in [1.165, 1.54) is 12.3 Å². The van der Waals surface area contributed by atoms with Crippen LogP contribution >= 0.6 is 0 Å². The molecule has 0 amide bonds. The van der Waals surface area contributed by atoms with Crippen LogP contribution in [0.1, 0.15) is 0 Å². The van der Waals surface area contributed by atoms with Crippen LogP contribution in [0.3, 0.4) is 0 Å². The van der Waals surface area contributed by atoms with Gasteiger partial charge >= 0.3 is 0 Å². The van der Waals surface area contributed by atoms with Crippen molar-refractivity contribution >= 4 is 15.7 Å². The Morgan fingerprint density at radius 2 is 2.17 bits per heavy atom. The SMILES string of the molecule is NNc1cccnc1S(N)(=O)=O. The van der Waals surface area contributed by atoms with Crippen LogP contribution in [0.15, 0.2) is 23.4 Å². The fourth-order valence-corrected chi connectivity index (χ4v) is 1.37. The summed E-state index contributed by atoms with van der Waals surface area (Å²) in [6.45, 7) is 0. The minimum absolute atomic E-state index is 0.181. The zero-order valence-electron chi connectivity index (χ0n) is 6.06. The van der Waals surface area contributed by atoms with E-state index in [0.29, 0.717) is 0 Å². The summed E-state index contributed by atoms with van der Waals surface area (Å²) in [6, 6.07) is 3.01. The van der Waals surface area contributed by atoms with Crippen molar-refractivity contribution in [2.45, 2.75) is 5.03 Å². The summed E-state index contributed by atoms with van der Waals surface area (Å²) >= 11 is 0. The highest BCUT2D eigenvalue weighted by atomic mass is 32.2. The van der Waals surface area contributed by atoms with Gasteiger partial charge < -0.3 is 5.43 Å². The number of hydrogen-bond donors (Lipinski definition) is 3. The molecule has 0 saturated carbocycles. The van der Waals surface area contributed by atoms with E-state index in [0.717, 1.165) is 0 Å². The molecule has 0 aliphatic heterocycles. The fourth-order valence-electron chi connectivity index (χ4n) is 0.727. The maximum atomic E-state index is 10.8. The van der Waals surface area contributed by atoms with Crippen molar-refractivity contribution in [2.75, 3.05) is 5.43 Å². The van der Waals surface area contributed by atoms with E-state index in [4.69, 9.17) is 11.0 Å². The fraction of sp³-hybridized carbons (Fsp3) is 0. The van der Waals surface area contributed by atoms with Crippen molar-refractivity contribution < 1.29 is 8.42 Å². The van der Waals surface area contributed by atoms with Crippen molar-refractivity contribution in [3.05, 3.63) is 18.3 Å². The number of nitrogen functional groups attached to an aromatic ring is 1. The van der Waals surface area contributed by atoms with Gasteiger partial charge in [-0.3, -0.25) is 5.84 Å². The molecule has 0 fully saturated rings. The summed E-state index contributed by atoms with van der Waals surface area (Å²) in [7, 11) is -3.80. The van der Waals surface area contributed by atoms with E-state index >= 15 is 0 Å². The van der Waals surface area contributed by atoms with E-state index < -0.39 is 10.0 Å². The number of nitrogens with two attached hydrogens (primary N) is 2. The molecule has 0 aliphatic carbocycles. The number of nitrogens with zero attached hydrogens (tertiary/aromatic N) is 1. The number of aromatic nitrogens is 1. The first-order valence-corrected chi connectivity index (χ1v) is 4.55. The Balaban J connectivity index is 3.33. The second kappa shape index (κ2) is 3.05. The minimum atomic E-state index is -3.80. The summed E-state index contributed by atoms with van der Waals surface area (Å²) in [5.41, 5.74) is 2.36. The first-order chi connectivity index (χ1) is 5.55. The van der Waals surface area contributed by atoms with Crippen molar-refractivity contribution in [3.63, 3.8) is 0 Å². The van der Waals surface area contributed by atoms with Gasteiger partial charge in [-0.1, -0.05) is 0 Å². The van der Waals surface area contributed by atoms with E-state index in [2.05, 4.69) is 10.4 Å². The highest BCUT2D eigenvalue weighted by Crippen LogP contribution is 2.13. The van der Waals surface area contributed by atoms with Crippen LogP contribution in [0, 0.1) is 0 Å². The molecule has 0 bridgehead atoms. The molecule has 66 valence electrons. The Morgan fingerprint density at radius 3 is 2.58 bits per heavy atom. The lowest BCUT2D eigenvalue weighted by atomic mass is 10.4. The first kappa shape index (κ1) is 8.91. The average molecular weight is 188 g/mol. The second-order valence-electron chi connectivity index (χ2n) is 2.05. The molecule has 0 spiro atoms. The van der Waals surface area contributed by atoms with Gasteiger partial charge in [0, 0.05) is 6.20 Å². The van der Waals surface area contributed by atoms with Gasteiger partial charge in [0.1, 0.15) is 0 Å². The molecule has 0 aromatic carbocycles. The average Bonchev–Trinajstić information content (AvgIpc) is 2.03. The summed E-state index contributed by atoms with van der Waals surface area (Å²) < 4.78 is 21.7. The number of rotatable bonds is 2. The molecule has 0 atom stereocenters. The molecule has 6 nitrogen and oxygen atoms in total. The van der Waals surface area contributed by atoms with Crippen LogP contribution < -0.4 is 16.4 Å². The predicted octanol–water partition coefficient (Wildman–Crippen LogP) is -0.985. The molecule has 1 aromatic heterocycles. The zero-order valence-corrected chi connectivity index (χ0v) is 6.88. The number of pyridine rings is 1. The Hall–Kier alpha value is -1.18. The number of hydrazine groups is 1. The Morgan fingerprint density at radius 1 is 1.50 bits per heavy atom. The van der Waals surface area contributed by atoms with Gasteiger partial charge in [-0.2, -0.15) is 0 Å². The molecule has 1 aromatic rings. The third kappa shape index (κ3) is 1.70. The third-order valence-corrected chi connectivity index (χ3v) is 2.06. The van der Waals surface area contributed by atoms with Crippen molar-refractivity contribution in [2.24, 2.45) is 11.0 Å². The lowest BCUT2D eigenvalue weighted by molar-refractivity contribution is 0.594. The third-order valence-electron chi connectivity index (χ3n) is 1.20. The van der Waals surface area contributed by atoms with Gasteiger partial charge in [-0.15, -0.1) is 0 Å². The number of nitrogens with one attached hydrogen (secondary N) is 1. The highest BCUT2D eigenvalue weighted by Gasteiger charge is 2.13. The molecular weight excluding hydrogens is 180 g/mol. The smallest absolute Gasteiger partial charge is 0.257 e. The van der Waals surface area contributed by atoms with Crippen LogP contribution in [-0.2, 0) is 10.0 Å². The van der Waals surface area contributed by atoms with Gasteiger partial charge in [0.2, 0.25) is 0 Å². The molecule has 0 aliphatic rings. The van der Waals surface area contributed by atoms with Crippen LogP contribution in [0.2, 0.25) is 0 Å². The number of sulfonamides is 1. The van der Waals surface area contributed by atoms with Gasteiger partial charge in [0.15, 0.2) is 5.03 Å². The van der Waals surface area contributed by atoms with E-state index in [-0.39, 0.29) is 10.7 Å². The normalized spacial score (nSPS) is 11.2. The zero-order chi connectivity index (χ0) is 9.19. The Kier molecular flexibility index (Phi) is 2.27. The summed E-state index contributed by atoms with van der Waals surface area (Å²) in [5, 5.41) is 4.59. The number of primary sulfonamides is 1. The number of hydrogen-bond acceptors (Lipinski definition) is 5. The second-order valence-corrected chi connectivity index (χ2v) is 3.52. The molecule has 7 heteroatoms. The molecular formula is C5H8N4O2S. The van der Waals surface area contributed by atoms with Crippen LogP contribution in [0.5, 0.6) is 0 Å². The first-order valence-electron chi connectivity index (χ1n) is 3.00. The van der Waals surface area contributed by atoms with Crippen LogP contribution in [0.25, 0.3) is 0 Å². The molecule has 0 saturated heterocycles. The topological polar surface area (TPSA) is 111 Å². The predicted molar refractivity (Wildman–Crippen MR) is 43.4 cm³/mol. The van der Waals surface area contributed by atoms with Crippen LogP contribution in [0.4, 0.5) is 5.69 Å². The van der Waals surface area contributed by atoms with Gasteiger partial charge in [0.05, 0.1) is 5.69 Å². The number of anilines is 1. The van der Waals surface area contributed by atoms with Gasteiger partial charge in [-0.05, 0) is 12.1 Å².